The van der Waals surface area contributed by atoms with Crippen molar-refractivity contribution in [3.8, 4) is 0 Å². The first-order valence-corrected chi connectivity index (χ1v) is 26.6. The molecule has 2 saturated carbocycles. The normalized spacial score (nSPS) is 31.1. The van der Waals surface area contributed by atoms with Gasteiger partial charge in [0.15, 0.2) is 12.6 Å². The molecule has 4 rings (SSSR count). The Morgan fingerprint density at radius 3 is 1.93 bits per heavy atom. The summed E-state index contributed by atoms with van der Waals surface area (Å²) in [6.45, 7) is 2.11. The molecule has 0 radical (unpaired) electrons. The monoisotopic (exact) mass is 1180 g/mol. The topological polar surface area (TPSA) is 473 Å². The van der Waals surface area contributed by atoms with Crippen LogP contribution in [0.2, 0.25) is 0 Å². The third-order valence-electron chi connectivity index (χ3n) is 12.3. The summed E-state index contributed by atoms with van der Waals surface area (Å²) in [5, 5.41) is 70.9. The van der Waals surface area contributed by atoms with Crippen LogP contribution in [0.4, 0.5) is 0 Å². The third-order valence-corrected chi connectivity index (χ3v) is 13.2. The number of amides is 2. The minimum Gasteiger partial charge on any atom is -0.726 e. The number of Topliss-reactive ketones (excluding diaryl/α,β-unsaturated/α-hetero) is 1. The van der Waals surface area contributed by atoms with Crippen LogP contribution in [0, 0.1) is 24.2 Å². The van der Waals surface area contributed by atoms with Crippen molar-refractivity contribution in [2.24, 2.45) is 17.8 Å². The fourth-order valence-electron chi connectivity index (χ4n) is 8.92. The summed E-state index contributed by atoms with van der Waals surface area (Å²) < 4.78 is 137. The Bertz CT molecular complexity index is 2070. The number of aliphatic carboxylic acids is 1. The minimum absolute atomic E-state index is 0. The predicted octanol–water partition coefficient (Wildman–Crippen LogP) is -16.9. The summed E-state index contributed by atoms with van der Waals surface area (Å²) in [6.07, 6.45) is -15.1. The van der Waals surface area contributed by atoms with Gasteiger partial charge in [0, 0.05) is 31.9 Å². The molecule has 0 bridgehead atoms. The molecule has 4 fully saturated rings. The maximum absolute atomic E-state index is 13.9. The molecular formula is C39H63N2Na4O27S3-. The van der Waals surface area contributed by atoms with E-state index in [0.29, 0.717) is 12.8 Å². The van der Waals surface area contributed by atoms with E-state index in [2.05, 4.69) is 19.0 Å². The molecular weight excluding hydrogens is 1120 g/mol. The Labute approximate surface area is 524 Å². The fraction of sp³-hybridized carbons (Fsp3) is 0.872. The number of nitrogens with one attached hydrogen (secondary N) is 2. The van der Waals surface area contributed by atoms with E-state index in [-0.39, 0.29) is 169 Å². The maximum Gasteiger partial charge on any atom is 1.00 e. The number of hydrogen-bond donors (Lipinski definition) is 8. The Morgan fingerprint density at radius 2 is 1.41 bits per heavy atom. The van der Waals surface area contributed by atoms with Gasteiger partial charge in [-0.25, -0.2) is 25.3 Å². The van der Waals surface area contributed by atoms with Gasteiger partial charge in [-0.05, 0) is 44.4 Å². The standard InChI is InChI=1S/C39H65N2O23S2.4Na.H2O4S/c1-4-22-16-23(24(44)11-8-13-40-36(49)25(64-66(55,56)57)12-14-58-65(52,53)54)17-26(34(22)63-39-33(48)32(47)30(45)19(2)59-39)61-38-29(41-20(3)43)35(31(46)28(18-42)62-38)60-27(37(50)51)15-21-9-6-5-7-10-21;;;;;1-5(2,3)4/h12,19,21-23,25-35,38-39,42,45-48H,4-11,13-18H2,1-3H3,(H,40,49)(H,41,43)(H,50,51)(H,52,53,54)(H,55,56,57);;;;;(H2,1,2,3,4)/q-1;4*+1;/p-4/t19?,22?,23?,25-,26+,27-,28?,29?,30+,31-,32?,33-,34+,35?,38+,39-;;;;;/m0...../s1. The van der Waals surface area contributed by atoms with Crippen LogP contribution in [0.25, 0.3) is 0 Å². The molecule has 414 valence electrons. The molecule has 2 aliphatic carbocycles. The van der Waals surface area contributed by atoms with Crippen molar-refractivity contribution >= 4 is 54.8 Å². The van der Waals surface area contributed by atoms with E-state index in [1.165, 1.54) is 6.92 Å². The zero-order chi connectivity index (χ0) is 53.6. The smallest absolute Gasteiger partial charge is 0.726 e. The molecule has 36 heteroatoms. The van der Waals surface area contributed by atoms with Crippen LogP contribution >= 0.6 is 0 Å². The summed E-state index contributed by atoms with van der Waals surface area (Å²) in [5.74, 6) is -5.30. The largest absolute Gasteiger partial charge is 1.00 e. The van der Waals surface area contributed by atoms with Gasteiger partial charge in [0.25, 0.3) is 0 Å². The Kier molecular flexibility index (Phi) is 38.4. The van der Waals surface area contributed by atoms with Crippen LogP contribution in [0.5, 0.6) is 0 Å². The second-order valence-electron chi connectivity index (χ2n) is 17.5. The number of ketones is 1. The summed E-state index contributed by atoms with van der Waals surface area (Å²) in [7, 11) is -15.7. The van der Waals surface area contributed by atoms with Crippen LogP contribution in [0.15, 0.2) is 0 Å². The first-order valence-electron chi connectivity index (χ1n) is 22.6. The van der Waals surface area contributed by atoms with Crippen molar-refractivity contribution in [1.29, 1.82) is 0 Å². The van der Waals surface area contributed by atoms with Gasteiger partial charge < -0.3 is 87.6 Å². The number of carbonyl (C=O) groups is 4. The van der Waals surface area contributed by atoms with Gasteiger partial charge in [-0.2, -0.15) is 0 Å². The van der Waals surface area contributed by atoms with Crippen molar-refractivity contribution in [3.63, 3.8) is 0 Å². The molecule has 7 unspecified atom stereocenters. The van der Waals surface area contributed by atoms with Crippen molar-refractivity contribution in [2.75, 3.05) is 19.8 Å². The molecule has 75 heavy (non-hydrogen) atoms. The average Bonchev–Trinajstić information content (AvgIpc) is 3.26. The Balaban J connectivity index is 0. The first-order chi connectivity index (χ1) is 32.9. The number of rotatable bonds is 24. The average molecular weight is 1180 g/mol. The molecule has 2 heterocycles. The number of carboxylic acids is 1. The number of hydrogen-bond acceptors (Lipinski definition) is 26. The summed E-state index contributed by atoms with van der Waals surface area (Å²) >= 11 is 0. The van der Waals surface area contributed by atoms with E-state index < -0.39 is 160 Å². The van der Waals surface area contributed by atoms with Gasteiger partial charge in [0.1, 0.15) is 48.4 Å². The van der Waals surface area contributed by atoms with Crippen LogP contribution in [-0.4, -0.2) is 198 Å². The maximum atomic E-state index is 13.9. The molecule has 0 aromatic heterocycles. The van der Waals surface area contributed by atoms with E-state index in [9.17, 15) is 75.8 Å². The van der Waals surface area contributed by atoms with Crippen LogP contribution in [-0.2, 0) is 82.4 Å². The van der Waals surface area contributed by atoms with Gasteiger partial charge in [0.05, 0.1) is 37.0 Å². The van der Waals surface area contributed by atoms with Gasteiger partial charge in [-0.15, -0.1) is 0 Å². The molecule has 2 aliphatic heterocycles. The molecule has 4 aliphatic rings. The van der Waals surface area contributed by atoms with Gasteiger partial charge in [-0.3, -0.25) is 29.5 Å². The molecule has 29 nitrogen and oxygen atoms in total. The number of aliphatic hydroxyl groups excluding tert-OH is 5. The number of ether oxygens (including phenoxy) is 5. The number of aliphatic hydroxyl groups is 5. The zero-order valence-corrected chi connectivity index (χ0v) is 53.2. The second-order valence-corrected chi connectivity index (χ2v) is 20.4. The van der Waals surface area contributed by atoms with E-state index in [1.54, 1.807) is 6.92 Å². The summed E-state index contributed by atoms with van der Waals surface area (Å²) in [5.41, 5.74) is 0. The molecule has 0 spiro atoms. The zero-order valence-electron chi connectivity index (χ0n) is 42.8. The molecule has 16 atom stereocenters. The first kappa shape index (κ1) is 78.4. The fourth-order valence-corrected chi connectivity index (χ4v) is 9.59. The summed E-state index contributed by atoms with van der Waals surface area (Å²) in [6, 6.07) is -1.44. The van der Waals surface area contributed by atoms with Gasteiger partial charge >= 0.3 is 118 Å². The van der Waals surface area contributed by atoms with Crippen molar-refractivity contribution < 1.29 is 244 Å². The van der Waals surface area contributed by atoms with Crippen LogP contribution in [0.3, 0.4) is 0 Å². The molecule has 2 amide bonds. The Morgan fingerprint density at radius 1 is 0.813 bits per heavy atom. The predicted molar refractivity (Wildman–Crippen MR) is 227 cm³/mol. The molecule has 0 aromatic rings. The minimum atomic E-state index is -5.51. The van der Waals surface area contributed by atoms with Crippen molar-refractivity contribution in [3.05, 3.63) is 6.42 Å². The number of carbonyl (C=O) groups excluding carboxylic acids is 4. The molecule has 8 N–H and O–H groups in total. The van der Waals surface area contributed by atoms with Crippen molar-refractivity contribution in [2.45, 2.75) is 177 Å². The third kappa shape index (κ3) is 27.9. The summed E-state index contributed by atoms with van der Waals surface area (Å²) in [4.78, 5) is 51.7. The Hall–Kier alpha value is 1.29. The molecule has 0 aromatic carbocycles. The van der Waals surface area contributed by atoms with E-state index >= 15 is 0 Å². The van der Waals surface area contributed by atoms with E-state index in [4.69, 9.17) is 41.2 Å². The van der Waals surface area contributed by atoms with E-state index in [1.807, 2.05) is 0 Å². The van der Waals surface area contributed by atoms with Gasteiger partial charge in [-0.1, -0.05) is 52.1 Å². The second kappa shape index (κ2) is 36.8. The van der Waals surface area contributed by atoms with Gasteiger partial charge in [0.2, 0.25) is 43.0 Å². The van der Waals surface area contributed by atoms with Crippen LogP contribution < -0.4 is 134 Å². The van der Waals surface area contributed by atoms with E-state index in [0.717, 1.165) is 39.0 Å². The van der Waals surface area contributed by atoms with Crippen molar-refractivity contribution in [1.82, 2.24) is 10.6 Å². The molecule has 2 saturated heterocycles. The number of carboxylic acid groups (broad SMARTS) is 1. The SMILES string of the molecule is CCC1CC(C(=O)CCCNC(=O)[C@H]([CH-]COS(=O)(=O)[O-])OS(=O)(=O)[O-])C[C@@H](O[C@@H]2OC(CO)[C@H](O)C(O[C@@H](CC3CCCCC3)C(=O)[O-])C2NC(C)=O)[C@@H]1O[C@@H]1OC(C)[C@@H](O)C(O)[C@@H]1O.O=S(=O)([O-])O.[Na+].[Na+].[Na+].[Na+]. The van der Waals surface area contributed by atoms with Crippen LogP contribution in [0.1, 0.15) is 91.4 Å². The quantitative estimate of drug-likeness (QED) is 0.0146.